The second-order valence-corrected chi connectivity index (χ2v) is 12.9. The van der Waals surface area contributed by atoms with Crippen LogP contribution < -0.4 is 16.4 Å². The molecule has 0 aliphatic heterocycles. The Morgan fingerprint density at radius 3 is 2.07 bits per heavy atom. The van der Waals surface area contributed by atoms with Crippen LogP contribution in [0.2, 0.25) is 0 Å². The van der Waals surface area contributed by atoms with E-state index in [0.29, 0.717) is 5.56 Å². The van der Waals surface area contributed by atoms with E-state index in [-0.39, 0.29) is 24.3 Å². The van der Waals surface area contributed by atoms with Crippen LogP contribution in [0.1, 0.15) is 70.7 Å². The van der Waals surface area contributed by atoms with E-state index in [0.717, 1.165) is 10.5 Å². The van der Waals surface area contributed by atoms with Crippen LogP contribution in [-0.2, 0) is 35.1 Å². The number of alkyl carbamates (subject to hydrolysis) is 1. The number of aromatic hydroxyl groups is 1. The third kappa shape index (κ3) is 11.9. The fourth-order valence-corrected chi connectivity index (χ4v) is 4.50. The van der Waals surface area contributed by atoms with Gasteiger partial charge in [0, 0.05) is 13.0 Å². The van der Waals surface area contributed by atoms with Gasteiger partial charge in [-0.05, 0) is 77.3 Å². The predicted molar refractivity (Wildman–Crippen MR) is 172 cm³/mol. The Morgan fingerprint density at radius 2 is 1.54 bits per heavy atom. The molecule has 2 aromatic rings. The summed E-state index contributed by atoms with van der Waals surface area (Å²) in [5.41, 5.74) is 5.11. The molecule has 12 heteroatoms. The molecule has 0 spiro atoms. The molecule has 0 heterocycles. The fourth-order valence-electron chi connectivity index (χ4n) is 4.50. The zero-order chi connectivity index (χ0) is 34.8. The number of carbonyl (C=O) groups is 5. The molecule has 0 aromatic heterocycles. The van der Waals surface area contributed by atoms with Crippen molar-refractivity contribution in [1.29, 1.82) is 0 Å². The highest BCUT2D eigenvalue weighted by Crippen LogP contribution is 2.28. The number of hydrogen-bond acceptors (Lipinski definition) is 8. The molecular formula is C34H46N4O8. The molecule has 0 fully saturated rings. The van der Waals surface area contributed by atoms with Crippen molar-refractivity contribution < 1.29 is 38.6 Å². The lowest BCUT2D eigenvalue weighted by Crippen LogP contribution is -2.55. The van der Waals surface area contributed by atoms with Crippen LogP contribution in [0.3, 0.4) is 0 Å². The van der Waals surface area contributed by atoms with Gasteiger partial charge in [-0.3, -0.25) is 14.4 Å². The molecule has 12 nitrogen and oxygen atoms in total. The minimum absolute atomic E-state index is 0.0431. The second kappa shape index (κ2) is 15.9. The summed E-state index contributed by atoms with van der Waals surface area (Å²) < 4.78 is 10.9. The van der Waals surface area contributed by atoms with Crippen LogP contribution in [0.4, 0.5) is 4.79 Å². The molecule has 5 N–H and O–H groups in total. The number of phenolic OH excluding ortho intramolecular Hbond substituents is 1. The first-order valence-corrected chi connectivity index (χ1v) is 14.9. The molecule has 3 unspecified atom stereocenters. The number of ether oxygens (including phenoxy) is 2. The Kier molecular flexibility index (Phi) is 12.9. The molecule has 2 rings (SSSR count). The lowest BCUT2D eigenvalue weighted by atomic mass is 9.98. The number of hydrogen-bond donors (Lipinski definition) is 4. The van der Waals surface area contributed by atoms with Crippen molar-refractivity contribution in [3.8, 4) is 5.75 Å². The molecule has 0 aliphatic carbocycles. The maximum absolute atomic E-state index is 14.3. The Labute approximate surface area is 270 Å². The summed E-state index contributed by atoms with van der Waals surface area (Å²) >= 11 is 0. The number of rotatable bonds is 13. The number of benzene rings is 2. The fraction of sp³-hybridized carbons (Fsp3) is 0.441. The summed E-state index contributed by atoms with van der Waals surface area (Å²) in [6.07, 6.45) is -0.110. The third-order valence-corrected chi connectivity index (χ3v) is 6.39. The minimum Gasteiger partial charge on any atom is -0.508 e. The van der Waals surface area contributed by atoms with Gasteiger partial charge < -0.3 is 35.8 Å². The molecule has 0 saturated carbocycles. The van der Waals surface area contributed by atoms with Crippen molar-refractivity contribution in [3.63, 3.8) is 0 Å². The lowest BCUT2D eigenvalue weighted by Gasteiger charge is -2.34. The van der Waals surface area contributed by atoms with Crippen molar-refractivity contribution in [2.24, 2.45) is 5.73 Å². The van der Waals surface area contributed by atoms with Gasteiger partial charge in [-0.15, -0.1) is 6.58 Å². The highest BCUT2D eigenvalue weighted by molar-refractivity contribution is 5.95. The number of nitrogens with zero attached hydrogens (tertiary/aromatic N) is 1. The van der Waals surface area contributed by atoms with Crippen molar-refractivity contribution in [1.82, 2.24) is 15.5 Å². The number of carbonyl (C=O) groups excluding carboxylic acids is 5. The van der Waals surface area contributed by atoms with Gasteiger partial charge in [-0.1, -0.05) is 42.5 Å². The largest absolute Gasteiger partial charge is 0.508 e. The molecule has 0 aliphatic rings. The molecule has 4 amide bonds. The van der Waals surface area contributed by atoms with E-state index in [1.807, 2.05) is 6.07 Å². The number of esters is 1. The van der Waals surface area contributed by atoms with Crippen LogP contribution in [-0.4, -0.2) is 69.6 Å². The molecule has 46 heavy (non-hydrogen) atoms. The zero-order valence-corrected chi connectivity index (χ0v) is 27.6. The van der Waals surface area contributed by atoms with E-state index in [2.05, 4.69) is 17.2 Å². The summed E-state index contributed by atoms with van der Waals surface area (Å²) in [6, 6.07) is 9.29. The molecule has 250 valence electrons. The van der Waals surface area contributed by atoms with E-state index in [1.54, 1.807) is 72.7 Å². The van der Waals surface area contributed by atoms with Gasteiger partial charge in [-0.25, -0.2) is 9.59 Å². The first-order chi connectivity index (χ1) is 21.3. The van der Waals surface area contributed by atoms with E-state index < -0.39 is 65.5 Å². The molecular weight excluding hydrogens is 592 g/mol. The van der Waals surface area contributed by atoms with E-state index in [4.69, 9.17) is 15.2 Å². The van der Waals surface area contributed by atoms with Crippen LogP contribution in [0.25, 0.3) is 0 Å². The summed E-state index contributed by atoms with van der Waals surface area (Å²) in [4.78, 5) is 67.5. The van der Waals surface area contributed by atoms with Gasteiger partial charge in [0.1, 0.15) is 35.1 Å². The lowest BCUT2D eigenvalue weighted by molar-refractivity contribution is -0.159. The van der Waals surface area contributed by atoms with Crippen molar-refractivity contribution in [2.75, 3.05) is 6.54 Å². The number of phenols is 1. The first-order valence-electron chi connectivity index (χ1n) is 14.9. The Hall–Kier alpha value is -4.87. The average molecular weight is 639 g/mol. The summed E-state index contributed by atoms with van der Waals surface area (Å²) in [7, 11) is 0. The van der Waals surface area contributed by atoms with E-state index >= 15 is 0 Å². The maximum Gasteiger partial charge on any atom is 0.408 e. The molecule has 2 aromatic carbocycles. The summed E-state index contributed by atoms with van der Waals surface area (Å²) in [5.74, 6) is -3.22. The average Bonchev–Trinajstić information content (AvgIpc) is 2.92. The van der Waals surface area contributed by atoms with Gasteiger partial charge in [-0.2, -0.15) is 0 Å². The second-order valence-electron chi connectivity index (χ2n) is 12.9. The van der Waals surface area contributed by atoms with Crippen LogP contribution >= 0.6 is 0 Å². The quantitative estimate of drug-likeness (QED) is 0.190. The highest BCUT2D eigenvalue weighted by atomic mass is 16.6. The number of nitrogens with two attached hydrogens (primary N) is 1. The molecule has 0 saturated heterocycles. The van der Waals surface area contributed by atoms with Crippen LogP contribution in [0.5, 0.6) is 5.75 Å². The molecule has 0 radical (unpaired) electrons. The predicted octanol–water partition coefficient (Wildman–Crippen LogP) is 3.59. The Balaban J connectivity index is 2.63. The van der Waals surface area contributed by atoms with Crippen LogP contribution in [0.15, 0.2) is 61.2 Å². The van der Waals surface area contributed by atoms with Crippen LogP contribution in [0, 0.1) is 6.92 Å². The Morgan fingerprint density at radius 1 is 0.935 bits per heavy atom. The summed E-state index contributed by atoms with van der Waals surface area (Å²) in [6.45, 7) is 15.1. The van der Waals surface area contributed by atoms with E-state index in [9.17, 15) is 29.1 Å². The molecule has 0 bridgehead atoms. The normalized spacial score (nSPS) is 13.4. The van der Waals surface area contributed by atoms with Gasteiger partial charge in [0.2, 0.25) is 17.7 Å². The number of aryl methyl sites for hydroxylation is 1. The summed E-state index contributed by atoms with van der Waals surface area (Å²) in [5, 5.41) is 15.4. The number of nitrogens with one attached hydrogen (secondary N) is 2. The van der Waals surface area contributed by atoms with Gasteiger partial charge >= 0.3 is 12.1 Å². The number of primary amides is 1. The van der Waals surface area contributed by atoms with Crippen molar-refractivity contribution >= 4 is 29.8 Å². The topological polar surface area (TPSA) is 177 Å². The third-order valence-electron chi connectivity index (χ3n) is 6.39. The minimum atomic E-state index is -1.51. The van der Waals surface area contributed by atoms with Gasteiger partial charge in [0.25, 0.3) is 0 Å². The molecule has 3 atom stereocenters. The van der Waals surface area contributed by atoms with E-state index in [1.165, 1.54) is 24.3 Å². The SMILES string of the molecule is C=CCN(C(=O)C(CC(N)=O)NC(=O)OC(C)(C)C)C(C(=O)NC(Cc1ccccc1)C(=O)OC(C)(C)C)c1ccc(O)c(C)c1. The zero-order valence-electron chi connectivity index (χ0n) is 27.6. The Bertz CT molecular complexity index is 1410. The van der Waals surface area contributed by atoms with Crippen molar-refractivity contribution in [3.05, 3.63) is 77.9 Å². The van der Waals surface area contributed by atoms with Crippen molar-refractivity contribution in [2.45, 2.75) is 90.6 Å². The standard InChI is InChI=1S/C34H46N4O8/c1-9-17-38(30(42)24(20-27(35)40)37-32(44)46-34(6,7)8)28(23-15-16-26(39)21(2)18-23)29(41)36-25(31(43)45-33(3,4)5)19-22-13-11-10-12-14-22/h9-16,18,24-25,28,39H,1,17,19-20H2,2-8H3,(H2,35,40)(H,36,41)(H,37,44). The van der Waals surface area contributed by atoms with Gasteiger partial charge in [0.15, 0.2) is 0 Å². The monoisotopic (exact) mass is 638 g/mol. The smallest absolute Gasteiger partial charge is 0.408 e. The van der Waals surface area contributed by atoms with Gasteiger partial charge in [0.05, 0.1) is 6.42 Å². The number of amides is 4. The highest BCUT2D eigenvalue weighted by Gasteiger charge is 2.38. The maximum atomic E-state index is 14.3. The first kappa shape index (κ1) is 37.3.